The summed E-state index contributed by atoms with van der Waals surface area (Å²) >= 11 is 4.88. The van der Waals surface area contributed by atoms with E-state index in [9.17, 15) is 10.5 Å². The van der Waals surface area contributed by atoms with Crippen LogP contribution in [0.5, 0.6) is 0 Å². The Morgan fingerprint density at radius 1 is 0.766 bits per heavy atom. The van der Waals surface area contributed by atoms with Crippen LogP contribution >= 0.6 is 34.0 Å². The number of thiophene rings is 3. The fourth-order valence-electron chi connectivity index (χ4n) is 4.99. The smallest absolute Gasteiger partial charge is 0.249 e. The zero-order valence-electron chi connectivity index (χ0n) is 24.7. The summed E-state index contributed by atoms with van der Waals surface area (Å²) in [6.45, 7) is 19.1. The summed E-state index contributed by atoms with van der Waals surface area (Å²) < 4.78 is 11.6. The maximum Gasteiger partial charge on any atom is 0.249 e. The zero-order chi connectivity index (χ0) is 32.7. The van der Waals surface area contributed by atoms with Crippen LogP contribution in [0.1, 0.15) is 38.2 Å². The van der Waals surface area contributed by atoms with Gasteiger partial charge in [0.25, 0.3) is 0 Å². The molecule has 0 saturated heterocycles. The number of hydrogen-bond donors (Lipinski definition) is 0. The van der Waals surface area contributed by atoms with Gasteiger partial charge in [-0.15, -0.1) is 34.0 Å². The van der Waals surface area contributed by atoms with E-state index in [2.05, 4.69) is 69.9 Å². The van der Waals surface area contributed by atoms with Gasteiger partial charge in [-0.25, -0.2) is 19.7 Å². The number of aromatic nitrogens is 2. The highest BCUT2D eigenvalue weighted by Gasteiger charge is 2.17. The molecule has 8 nitrogen and oxygen atoms in total. The Morgan fingerprint density at radius 3 is 2.02 bits per heavy atom. The van der Waals surface area contributed by atoms with Gasteiger partial charge in [-0.1, -0.05) is 6.07 Å². The largest absolute Gasteiger partial charge is 0.447 e. The van der Waals surface area contributed by atoms with Gasteiger partial charge in [-0.3, -0.25) is 0 Å². The van der Waals surface area contributed by atoms with Crippen molar-refractivity contribution in [3.8, 4) is 31.6 Å². The van der Waals surface area contributed by atoms with Gasteiger partial charge in [0, 0.05) is 29.3 Å². The lowest BCUT2D eigenvalue weighted by molar-refractivity contribution is 0.586. The minimum atomic E-state index is 0.221. The monoisotopic (exact) mass is 662 g/mol. The summed E-state index contributed by atoms with van der Waals surface area (Å²) in [7, 11) is 0. The number of fused-ring (bicyclic) bond motifs is 2. The topological polar surface area (TPSA) is 108 Å². The molecule has 0 aliphatic heterocycles. The molecule has 2 aromatic carbocycles. The van der Waals surface area contributed by atoms with Crippen LogP contribution in [0.25, 0.3) is 74.8 Å². The summed E-state index contributed by atoms with van der Waals surface area (Å²) in [5, 5.41) is 19.1. The Morgan fingerprint density at radius 2 is 1.38 bits per heavy atom. The summed E-state index contributed by atoms with van der Waals surface area (Å²) in [6.07, 6.45) is 3.57. The molecule has 0 spiro atoms. The van der Waals surface area contributed by atoms with Crippen LogP contribution in [-0.4, -0.2) is 9.97 Å². The van der Waals surface area contributed by atoms with Gasteiger partial charge < -0.3 is 8.83 Å². The predicted octanol–water partition coefficient (Wildman–Crippen LogP) is 11.0. The molecule has 0 amide bonds. The lowest BCUT2D eigenvalue weighted by Gasteiger charge is -1.95. The quantitative estimate of drug-likeness (QED) is 0.129. The van der Waals surface area contributed by atoms with E-state index < -0.39 is 0 Å². The van der Waals surface area contributed by atoms with Gasteiger partial charge in [0.05, 0.1) is 30.3 Å². The van der Waals surface area contributed by atoms with Gasteiger partial charge in [0.15, 0.2) is 16.9 Å². The van der Waals surface area contributed by atoms with Crippen molar-refractivity contribution in [2.75, 3.05) is 0 Å². The molecule has 0 atom stereocenters. The standard InChI is InChI=1S/C36H18N6O2S3/c1-19-11-24(14-22(18-38)35-41-27-15-23(39-3)6-8-30(27)43-35)45-33(19)31-9-10-32(47-31)34-20(2)12-25(46-34)16-28(40-4)36-42-26-13-21(17-37)5-7-29(26)44-36/h5-16H,1-2H3/b22-14+,28-16-. The second-order valence-electron chi connectivity index (χ2n) is 10.4. The highest BCUT2D eigenvalue weighted by Crippen LogP contribution is 2.44. The average Bonchev–Trinajstić information content (AvgIpc) is 3.91. The van der Waals surface area contributed by atoms with Crippen LogP contribution in [0, 0.1) is 49.7 Å². The number of aryl methyl sites for hydroxylation is 2. The van der Waals surface area contributed by atoms with E-state index in [1.54, 1.807) is 82.6 Å². The second kappa shape index (κ2) is 12.0. The van der Waals surface area contributed by atoms with Crippen molar-refractivity contribution in [2.24, 2.45) is 0 Å². The van der Waals surface area contributed by atoms with Crippen molar-refractivity contribution >= 4 is 85.3 Å². The van der Waals surface area contributed by atoms with Crippen LogP contribution in [0.15, 0.2) is 69.5 Å². The third kappa shape index (κ3) is 5.64. The van der Waals surface area contributed by atoms with Crippen molar-refractivity contribution < 1.29 is 8.83 Å². The predicted molar refractivity (Wildman–Crippen MR) is 187 cm³/mol. The van der Waals surface area contributed by atoms with Gasteiger partial charge in [0.2, 0.25) is 17.5 Å². The molecular formula is C36H18N6O2S3. The van der Waals surface area contributed by atoms with E-state index in [1.165, 1.54) is 0 Å². The number of allylic oxidation sites excluding steroid dienone is 1. The maximum absolute atomic E-state index is 9.91. The molecule has 0 N–H and O–H groups in total. The molecule has 0 fully saturated rings. The lowest BCUT2D eigenvalue weighted by Crippen LogP contribution is -1.80. The normalized spacial score (nSPS) is 11.8. The van der Waals surface area contributed by atoms with Crippen molar-refractivity contribution in [3.63, 3.8) is 0 Å². The number of nitrogens with zero attached hydrogens (tertiary/aromatic N) is 6. The molecule has 0 aliphatic rings. The molecule has 0 unspecified atom stereocenters. The fraction of sp³-hybridized carbons (Fsp3) is 0.0556. The van der Waals surface area contributed by atoms with Gasteiger partial charge in [-0.05, 0) is 91.7 Å². The second-order valence-corrected chi connectivity index (χ2v) is 13.6. The Bertz CT molecular complexity index is 2440. The van der Waals surface area contributed by atoms with Crippen LogP contribution < -0.4 is 0 Å². The Hall–Kier alpha value is -6.08. The van der Waals surface area contributed by atoms with Crippen molar-refractivity contribution in [2.45, 2.75) is 13.8 Å². The number of rotatable bonds is 6. The first-order chi connectivity index (χ1) is 22.8. The Balaban J connectivity index is 1.15. The number of nitriles is 2. The van der Waals surface area contributed by atoms with Gasteiger partial charge >= 0.3 is 0 Å². The summed E-state index contributed by atoms with van der Waals surface area (Å²) in [5.74, 6) is 0.443. The molecule has 47 heavy (non-hydrogen) atoms. The van der Waals surface area contributed by atoms with E-state index in [0.717, 1.165) is 40.4 Å². The van der Waals surface area contributed by atoms with Gasteiger partial charge in [0.1, 0.15) is 17.2 Å². The minimum absolute atomic E-state index is 0.221. The highest BCUT2D eigenvalue weighted by atomic mass is 32.1. The van der Waals surface area contributed by atoms with Crippen LogP contribution in [0.2, 0.25) is 0 Å². The van der Waals surface area contributed by atoms with Crippen LogP contribution in [0.4, 0.5) is 5.69 Å². The molecule has 7 aromatic rings. The Kier molecular flexibility index (Phi) is 7.58. The molecule has 0 aliphatic carbocycles. The molecule has 7 rings (SSSR count). The summed E-state index contributed by atoms with van der Waals surface area (Å²) in [4.78, 5) is 22.3. The van der Waals surface area contributed by atoms with E-state index >= 15 is 0 Å². The van der Waals surface area contributed by atoms with Crippen molar-refractivity contribution in [1.82, 2.24) is 9.97 Å². The average molecular weight is 663 g/mol. The fourth-order valence-corrected chi connectivity index (χ4v) is 8.58. The Labute approximate surface area is 280 Å². The molecule has 0 bridgehead atoms. The highest BCUT2D eigenvalue weighted by molar-refractivity contribution is 7.27. The molecule has 5 aromatic heterocycles. The van der Waals surface area contributed by atoms with Crippen molar-refractivity contribution in [1.29, 1.82) is 10.5 Å². The summed E-state index contributed by atoms with van der Waals surface area (Å²) in [5.41, 5.74) is 5.86. The van der Waals surface area contributed by atoms with E-state index in [0.29, 0.717) is 39.0 Å². The van der Waals surface area contributed by atoms with E-state index in [4.69, 9.17) is 22.0 Å². The first-order valence-electron chi connectivity index (χ1n) is 14.0. The SMILES string of the molecule is [C-]#[N+]/C(=C\c1cc(C)c(-c2ccc(-c3sc(/C=C(\C#N)c4nc5cc([N+]#[C-])ccc5o4)cc3C)s2)s1)c1nc2cc(C#N)ccc2o1. The number of benzene rings is 2. The maximum atomic E-state index is 9.91. The van der Waals surface area contributed by atoms with Gasteiger partial charge in [-0.2, -0.15) is 10.5 Å². The molecule has 0 saturated carbocycles. The van der Waals surface area contributed by atoms with Crippen LogP contribution in [0.3, 0.4) is 0 Å². The van der Waals surface area contributed by atoms with E-state index in [-0.39, 0.29) is 17.5 Å². The first kappa shape index (κ1) is 29.6. The molecule has 5 heterocycles. The molecule has 222 valence electrons. The van der Waals surface area contributed by atoms with Crippen molar-refractivity contribution in [3.05, 3.63) is 122 Å². The van der Waals surface area contributed by atoms with Crippen LogP contribution in [-0.2, 0) is 0 Å². The zero-order valence-corrected chi connectivity index (χ0v) is 27.1. The molecular weight excluding hydrogens is 645 g/mol. The number of hydrogen-bond acceptors (Lipinski definition) is 9. The minimum Gasteiger partial charge on any atom is -0.447 e. The third-order valence-electron chi connectivity index (χ3n) is 7.20. The third-order valence-corrected chi connectivity index (χ3v) is 11.0. The molecule has 0 radical (unpaired) electrons. The van der Waals surface area contributed by atoms with E-state index in [1.807, 2.05) is 0 Å². The molecule has 11 heteroatoms. The lowest BCUT2D eigenvalue weighted by atomic mass is 10.2. The first-order valence-corrected chi connectivity index (χ1v) is 16.4. The number of oxazole rings is 2. The summed E-state index contributed by atoms with van der Waals surface area (Å²) in [6, 6.07) is 22.6.